The van der Waals surface area contributed by atoms with Crippen molar-refractivity contribution in [3.8, 4) is 5.75 Å². The molecule has 0 amide bonds. The third-order valence-electron chi connectivity index (χ3n) is 3.87. The summed E-state index contributed by atoms with van der Waals surface area (Å²) in [5.41, 5.74) is 10.1. The van der Waals surface area contributed by atoms with Crippen LogP contribution < -0.4 is 21.1 Å². The van der Waals surface area contributed by atoms with Crippen molar-refractivity contribution in [2.24, 2.45) is 0 Å². The summed E-state index contributed by atoms with van der Waals surface area (Å²) < 4.78 is 5.14. The van der Waals surface area contributed by atoms with E-state index in [4.69, 9.17) is 22.7 Å². The van der Waals surface area contributed by atoms with E-state index in [9.17, 15) is 4.79 Å². The SMILES string of the molecule is CCCc1ccc(N)c(CNC(=S)Nc2ccc3c(c2)OC(=O)C3)n1. The van der Waals surface area contributed by atoms with Crippen molar-refractivity contribution in [2.45, 2.75) is 32.7 Å². The van der Waals surface area contributed by atoms with Crippen LogP contribution in [-0.4, -0.2) is 16.1 Å². The molecule has 1 aliphatic rings. The molecular weight excluding hydrogens is 336 g/mol. The molecule has 2 heterocycles. The zero-order chi connectivity index (χ0) is 17.8. The highest BCUT2D eigenvalue weighted by molar-refractivity contribution is 7.80. The second kappa shape index (κ2) is 7.48. The predicted octanol–water partition coefficient (Wildman–Crippen LogP) is 2.56. The van der Waals surface area contributed by atoms with Gasteiger partial charge in [-0.15, -0.1) is 0 Å². The number of carbonyl (C=O) groups is 1. The van der Waals surface area contributed by atoms with Gasteiger partial charge in [-0.05, 0) is 36.8 Å². The Labute approximate surface area is 151 Å². The minimum atomic E-state index is -0.235. The molecule has 0 unspecified atom stereocenters. The third-order valence-corrected chi connectivity index (χ3v) is 4.12. The smallest absolute Gasteiger partial charge is 0.315 e. The first kappa shape index (κ1) is 17.2. The van der Waals surface area contributed by atoms with E-state index in [0.29, 0.717) is 29.5 Å². The van der Waals surface area contributed by atoms with E-state index in [-0.39, 0.29) is 5.97 Å². The number of benzene rings is 1. The van der Waals surface area contributed by atoms with Gasteiger partial charge in [-0.3, -0.25) is 9.78 Å². The van der Waals surface area contributed by atoms with Gasteiger partial charge in [0.1, 0.15) is 5.75 Å². The lowest BCUT2D eigenvalue weighted by Crippen LogP contribution is -2.28. The fourth-order valence-electron chi connectivity index (χ4n) is 2.62. The number of thiocarbonyl (C=S) groups is 1. The molecule has 1 aliphatic heterocycles. The lowest BCUT2D eigenvalue weighted by atomic mass is 10.1. The summed E-state index contributed by atoms with van der Waals surface area (Å²) in [5.74, 6) is 0.345. The number of fused-ring (bicyclic) bond motifs is 1. The number of carbonyl (C=O) groups excluding carboxylic acids is 1. The highest BCUT2D eigenvalue weighted by atomic mass is 32.1. The topological polar surface area (TPSA) is 89.3 Å². The number of aryl methyl sites for hydroxylation is 1. The van der Waals surface area contributed by atoms with Gasteiger partial charge in [0, 0.05) is 23.0 Å². The molecule has 0 aliphatic carbocycles. The van der Waals surface area contributed by atoms with Crippen LogP contribution in [0.3, 0.4) is 0 Å². The Morgan fingerprint density at radius 2 is 2.20 bits per heavy atom. The first-order valence-corrected chi connectivity index (χ1v) is 8.58. The number of esters is 1. The summed E-state index contributed by atoms with van der Waals surface area (Å²) in [5, 5.41) is 6.63. The molecule has 1 aromatic carbocycles. The molecule has 0 spiro atoms. The van der Waals surface area contributed by atoms with E-state index in [1.165, 1.54) is 0 Å². The van der Waals surface area contributed by atoms with Crippen molar-refractivity contribution in [1.82, 2.24) is 10.3 Å². The van der Waals surface area contributed by atoms with Gasteiger partial charge >= 0.3 is 5.97 Å². The Bertz CT molecular complexity index is 823. The van der Waals surface area contributed by atoms with Crippen LogP contribution in [0.15, 0.2) is 30.3 Å². The average Bonchev–Trinajstić information content (AvgIpc) is 2.95. The Balaban J connectivity index is 1.59. The van der Waals surface area contributed by atoms with Crippen molar-refractivity contribution in [3.63, 3.8) is 0 Å². The highest BCUT2D eigenvalue weighted by Gasteiger charge is 2.20. The van der Waals surface area contributed by atoms with Crippen LogP contribution in [0.25, 0.3) is 0 Å². The highest BCUT2D eigenvalue weighted by Crippen LogP contribution is 2.28. The summed E-state index contributed by atoms with van der Waals surface area (Å²) in [4.78, 5) is 15.9. The Hall–Kier alpha value is -2.67. The number of anilines is 2. The molecule has 1 aromatic heterocycles. The summed E-state index contributed by atoms with van der Waals surface area (Å²) in [6.07, 6.45) is 2.27. The van der Waals surface area contributed by atoms with Crippen LogP contribution in [0, 0.1) is 0 Å². The quantitative estimate of drug-likeness (QED) is 0.431. The molecule has 0 atom stereocenters. The maximum atomic E-state index is 11.3. The Morgan fingerprint density at radius 3 is 3.00 bits per heavy atom. The summed E-state index contributed by atoms with van der Waals surface area (Å²) >= 11 is 5.32. The van der Waals surface area contributed by atoms with Crippen LogP contribution >= 0.6 is 12.2 Å². The first-order valence-electron chi connectivity index (χ1n) is 8.18. The molecule has 0 saturated heterocycles. The molecule has 0 bridgehead atoms. The number of rotatable bonds is 5. The fraction of sp³-hybridized carbons (Fsp3) is 0.278. The lowest BCUT2D eigenvalue weighted by Gasteiger charge is -2.12. The molecule has 0 saturated carbocycles. The van der Waals surface area contributed by atoms with Crippen molar-refractivity contribution in [2.75, 3.05) is 11.1 Å². The molecule has 4 N–H and O–H groups in total. The van der Waals surface area contributed by atoms with E-state index in [0.717, 1.165) is 35.5 Å². The number of pyridine rings is 1. The molecule has 2 aromatic rings. The van der Waals surface area contributed by atoms with Crippen molar-refractivity contribution >= 4 is 34.7 Å². The van der Waals surface area contributed by atoms with Gasteiger partial charge in [-0.25, -0.2) is 0 Å². The number of hydrogen-bond acceptors (Lipinski definition) is 5. The van der Waals surface area contributed by atoms with Crippen LogP contribution in [0.4, 0.5) is 11.4 Å². The first-order chi connectivity index (χ1) is 12.0. The standard InChI is InChI=1S/C18H20N4O2S/c1-2-3-12-6-7-14(19)15(21-12)10-20-18(25)22-13-5-4-11-8-17(23)24-16(11)9-13/h4-7,9H,2-3,8,10,19H2,1H3,(H2,20,22,25). The molecular formula is C18H20N4O2S. The number of aromatic nitrogens is 1. The second-order valence-electron chi connectivity index (χ2n) is 5.87. The molecule has 3 rings (SSSR count). The number of nitrogens with zero attached hydrogens (tertiary/aromatic N) is 1. The minimum Gasteiger partial charge on any atom is -0.426 e. The maximum Gasteiger partial charge on any atom is 0.315 e. The molecule has 7 heteroatoms. The fourth-order valence-corrected chi connectivity index (χ4v) is 2.81. The van der Waals surface area contributed by atoms with Gasteiger partial charge in [0.15, 0.2) is 5.11 Å². The van der Waals surface area contributed by atoms with Gasteiger partial charge in [-0.2, -0.15) is 0 Å². The average molecular weight is 356 g/mol. The third kappa shape index (κ3) is 4.24. The van der Waals surface area contributed by atoms with Crippen LogP contribution in [-0.2, 0) is 24.2 Å². The van der Waals surface area contributed by atoms with E-state index in [1.807, 2.05) is 24.3 Å². The van der Waals surface area contributed by atoms with Crippen LogP contribution in [0.5, 0.6) is 5.75 Å². The maximum absolute atomic E-state index is 11.3. The zero-order valence-corrected chi connectivity index (χ0v) is 14.8. The zero-order valence-electron chi connectivity index (χ0n) is 14.0. The van der Waals surface area contributed by atoms with E-state index >= 15 is 0 Å². The molecule has 130 valence electrons. The second-order valence-corrected chi connectivity index (χ2v) is 6.28. The molecule has 25 heavy (non-hydrogen) atoms. The van der Waals surface area contributed by atoms with Gasteiger partial charge in [-0.1, -0.05) is 19.4 Å². The van der Waals surface area contributed by atoms with E-state index < -0.39 is 0 Å². The van der Waals surface area contributed by atoms with Crippen LogP contribution in [0.1, 0.15) is 30.3 Å². The number of hydrogen-bond donors (Lipinski definition) is 3. The largest absolute Gasteiger partial charge is 0.426 e. The van der Waals surface area contributed by atoms with Crippen molar-refractivity contribution < 1.29 is 9.53 Å². The number of nitrogen functional groups attached to an aromatic ring is 1. The van der Waals surface area contributed by atoms with Crippen molar-refractivity contribution in [1.29, 1.82) is 0 Å². The van der Waals surface area contributed by atoms with E-state index in [2.05, 4.69) is 22.5 Å². The number of nitrogens with two attached hydrogens (primary N) is 1. The summed E-state index contributed by atoms with van der Waals surface area (Å²) in [7, 11) is 0. The van der Waals surface area contributed by atoms with Gasteiger partial charge in [0.05, 0.1) is 24.3 Å². The lowest BCUT2D eigenvalue weighted by molar-refractivity contribution is -0.131. The minimum absolute atomic E-state index is 0.235. The number of nitrogens with one attached hydrogen (secondary N) is 2. The number of ether oxygens (including phenoxy) is 1. The Kier molecular flexibility index (Phi) is 5.14. The van der Waals surface area contributed by atoms with Crippen LogP contribution in [0.2, 0.25) is 0 Å². The normalized spacial score (nSPS) is 12.4. The predicted molar refractivity (Wildman–Crippen MR) is 101 cm³/mol. The monoisotopic (exact) mass is 356 g/mol. The van der Waals surface area contributed by atoms with Gasteiger partial charge in [0.2, 0.25) is 0 Å². The molecule has 0 fully saturated rings. The van der Waals surface area contributed by atoms with Gasteiger partial charge < -0.3 is 21.1 Å². The molecule has 6 nitrogen and oxygen atoms in total. The van der Waals surface area contributed by atoms with E-state index in [1.54, 1.807) is 6.07 Å². The summed E-state index contributed by atoms with van der Waals surface area (Å²) in [6.45, 7) is 2.55. The molecule has 0 radical (unpaired) electrons. The van der Waals surface area contributed by atoms with Crippen molar-refractivity contribution in [3.05, 3.63) is 47.3 Å². The summed E-state index contributed by atoms with van der Waals surface area (Å²) in [6, 6.07) is 9.32. The Morgan fingerprint density at radius 1 is 1.36 bits per heavy atom. The van der Waals surface area contributed by atoms with Gasteiger partial charge in [0.25, 0.3) is 0 Å².